The van der Waals surface area contributed by atoms with Gasteiger partial charge in [-0.2, -0.15) is 0 Å². The van der Waals surface area contributed by atoms with Gasteiger partial charge in [-0.1, -0.05) is 140 Å². The van der Waals surface area contributed by atoms with Gasteiger partial charge in [0.2, 0.25) is 5.89 Å². The third-order valence-electron chi connectivity index (χ3n) is 10.1. The zero-order valence-corrected chi connectivity index (χ0v) is 28.3. The fourth-order valence-electron chi connectivity index (χ4n) is 7.60. The van der Waals surface area contributed by atoms with E-state index in [0.29, 0.717) is 5.89 Å². The maximum absolute atomic E-state index is 6.39. The highest BCUT2D eigenvalue weighted by Gasteiger charge is 2.21. The van der Waals surface area contributed by atoms with Crippen LogP contribution in [0.1, 0.15) is 0 Å². The van der Waals surface area contributed by atoms with Crippen LogP contribution in [0, 0.1) is 0 Å². The summed E-state index contributed by atoms with van der Waals surface area (Å²) >= 11 is 0. The number of fused-ring (bicyclic) bond motifs is 6. The van der Waals surface area contributed by atoms with E-state index in [2.05, 4.69) is 163 Å². The third kappa shape index (κ3) is 5.10. The maximum atomic E-state index is 6.39. The Hall–Kier alpha value is -6.97. The van der Waals surface area contributed by atoms with Crippen molar-refractivity contribution in [2.45, 2.75) is 0 Å². The summed E-state index contributed by atoms with van der Waals surface area (Å²) in [7, 11) is 0. The Balaban J connectivity index is 1.18. The van der Waals surface area contributed by atoms with Crippen LogP contribution in [0.5, 0.6) is 0 Å². The third-order valence-corrected chi connectivity index (χ3v) is 10.1. The zero-order chi connectivity index (χ0) is 34.4. The van der Waals surface area contributed by atoms with Gasteiger partial charge in [0.05, 0.1) is 5.69 Å². The van der Waals surface area contributed by atoms with Crippen molar-refractivity contribution in [1.82, 2.24) is 4.98 Å². The number of hydrogen-bond acceptors (Lipinski definition) is 3. The maximum Gasteiger partial charge on any atom is 0.227 e. The Bertz CT molecular complexity index is 2890. The molecule has 1 heterocycles. The second kappa shape index (κ2) is 12.4. The van der Waals surface area contributed by atoms with Crippen molar-refractivity contribution in [3.05, 3.63) is 194 Å². The highest BCUT2D eigenvalue weighted by atomic mass is 16.3. The Labute approximate surface area is 301 Å². The molecule has 3 heteroatoms. The standard InChI is InChI=1S/C49H32N2O/c1-3-13-33(14-4-1)37-19-11-20-40(31-37)51(45-24-12-18-35-27-30-46-48(47(35)45)50-49(52-46)36-15-5-2-6-16-36)39-28-25-34(26-29-39)44-32-38-17-7-8-21-41(38)42-22-9-10-23-43(42)44/h1-32H. The van der Waals surface area contributed by atoms with E-state index in [1.165, 1.54) is 38.2 Å². The lowest BCUT2D eigenvalue weighted by Crippen LogP contribution is -2.10. The van der Waals surface area contributed by atoms with Gasteiger partial charge < -0.3 is 9.32 Å². The first kappa shape index (κ1) is 29.9. The first-order valence-electron chi connectivity index (χ1n) is 17.6. The lowest BCUT2D eigenvalue weighted by atomic mass is 9.93. The molecule has 0 atom stereocenters. The normalized spacial score (nSPS) is 11.5. The smallest absolute Gasteiger partial charge is 0.227 e. The zero-order valence-electron chi connectivity index (χ0n) is 28.3. The van der Waals surface area contributed by atoms with E-state index in [1.807, 2.05) is 36.4 Å². The first-order valence-corrected chi connectivity index (χ1v) is 17.6. The van der Waals surface area contributed by atoms with Crippen LogP contribution < -0.4 is 4.90 Å². The van der Waals surface area contributed by atoms with E-state index < -0.39 is 0 Å². The van der Waals surface area contributed by atoms with Crippen LogP contribution in [0.2, 0.25) is 0 Å². The van der Waals surface area contributed by atoms with E-state index in [4.69, 9.17) is 9.40 Å². The Kier molecular flexibility index (Phi) is 7.14. The summed E-state index contributed by atoms with van der Waals surface area (Å²) in [5.41, 5.74) is 10.4. The van der Waals surface area contributed by atoms with Gasteiger partial charge >= 0.3 is 0 Å². The largest absolute Gasteiger partial charge is 0.436 e. The van der Waals surface area contributed by atoms with Crippen LogP contribution in [0.4, 0.5) is 17.1 Å². The molecular weight excluding hydrogens is 633 g/mol. The molecular formula is C49H32N2O. The summed E-state index contributed by atoms with van der Waals surface area (Å²) in [4.78, 5) is 7.48. The molecule has 0 saturated heterocycles. The predicted molar refractivity (Wildman–Crippen MR) is 218 cm³/mol. The molecule has 0 unspecified atom stereocenters. The fraction of sp³-hybridized carbons (Fsp3) is 0. The van der Waals surface area contributed by atoms with Gasteiger partial charge in [0.25, 0.3) is 0 Å². The second-order valence-electron chi connectivity index (χ2n) is 13.2. The number of hydrogen-bond donors (Lipinski definition) is 0. The van der Waals surface area contributed by atoms with E-state index in [9.17, 15) is 0 Å². The average molecular weight is 665 g/mol. The van der Waals surface area contributed by atoms with Crippen molar-refractivity contribution in [2.75, 3.05) is 4.90 Å². The Morgan fingerprint density at radius 1 is 0.404 bits per heavy atom. The van der Waals surface area contributed by atoms with Gasteiger partial charge in [-0.25, -0.2) is 4.98 Å². The van der Waals surface area contributed by atoms with Gasteiger partial charge in [0.15, 0.2) is 5.58 Å². The number of anilines is 3. The van der Waals surface area contributed by atoms with E-state index >= 15 is 0 Å². The second-order valence-corrected chi connectivity index (χ2v) is 13.2. The van der Waals surface area contributed by atoms with Gasteiger partial charge in [0, 0.05) is 22.3 Å². The molecule has 0 spiro atoms. The molecule has 0 radical (unpaired) electrons. The molecule has 0 fully saturated rings. The molecule has 1 aromatic heterocycles. The van der Waals surface area contributed by atoms with Crippen molar-refractivity contribution in [3.63, 3.8) is 0 Å². The molecule has 0 aliphatic rings. The molecule has 0 amide bonds. The molecule has 0 bridgehead atoms. The first-order chi connectivity index (χ1) is 25.8. The average Bonchev–Trinajstić information content (AvgIpc) is 3.67. The minimum Gasteiger partial charge on any atom is -0.436 e. The molecule has 244 valence electrons. The van der Waals surface area contributed by atoms with Gasteiger partial charge in [-0.05, 0) is 104 Å². The minimum atomic E-state index is 0.613. The van der Waals surface area contributed by atoms with Crippen molar-refractivity contribution in [1.29, 1.82) is 0 Å². The fourth-order valence-corrected chi connectivity index (χ4v) is 7.60. The molecule has 0 aliphatic carbocycles. The summed E-state index contributed by atoms with van der Waals surface area (Å²) in [6.07, 6.45) is 0. The summed E-state index contributed by atoms with van der Waals surface area (Å²) in [6.45, 7) is 0. The highest BCUT2D eigenvalue weighted by Crippen LogP contribution is 2.44. The quantitative estimate of drug-likeness (QED) is 0.166. The number of benzene rings is 9. The van der Waals surface area contributed by atoms with Crippen LogP contribution in [0.3, 0.4) is 0 Å². The predicted octanol–water partition coefficient (Wildman–Crippen LogP) is 13.8. The molecule has 3 nitrogen and oxygen atoms in total. The minimum absolute atomic E-state index is 0.613. The number of aromatic nitrogens is 1. The molecule has 0 N–H and O–H groups in total. The molecule has 0 saturated carbocycles. The number of rotatable bonds is 6. The van der Waals surface area contributed by atoms with Crippen molar-refractivity contribution in [3.8, 4) is 33.7 Å². The van der Waals surface area contributed by atoms with Gasteiger partial charge in [0.1, 0.15) is 5.52 Å². The summed E-state index contributed by atoms with van der Waals surface area (Å²) < 4.78 is 6.39. The lowest BCUT2D eigenvalue weighted by Gasteiger charge is -2.27. The number of nitrogens with zero attached hydrogens (tertiary/aromatic N) is 2. The van der Waals surface area contributed by atoms with E-state index in [-0.39, 0.29) is 0 Å². The lowest BCUT2D eigenvalue weighted by molar-refractivity contribution is 0.620. The van der Waals surface area contributed by atoms with Gasteiger partial charge in [-0.3, -0.25) is 0 Å². The molecule has 0 aliphatic heterocycles. The Morgan fingerprint density at radius 3 is 1.87 bits per heavy atom. The van der Waals surface area contributed by atoms with Crippen molar-refractivity contribution >= 4 is 60.5 Å². The molecule has 10 rings (SSSR count). The van der Waals surface area contributed by atoms with Crippen LogP contribution in [0.25, 0.3) is 77.1 Å². The molecule has 9 aromatic carbocycles. The monoisotopic (exact) mass is 664 g/mol. The molecule has 52 heavy (non-hydrogen) atoms. The Morgan fingerprint density at radius 2 is 1.06 bits per heavy atom. The van der Waals surface area contributed by atoms with Crippen molar-refractivity contribution < 1.29 is 4.42 Å². The molecule has 10 aromatic rings. The van der Waals surface area contributed by atoms with Crippen LogP contribution in [-0.2, 0) is 0 Å². The van der Waals surface area contributed by atoms with Crippen LogP contribution in [-0.4, -0.2) is 4.98 Å². The van der Waals surface area contributed by atoms with E-state index in [1.54, 1.807) is 0 Å². The van der Waals surface area contributed by atoms with Crippen LogP contribution in [0.15, 0.2) is 199 Å². The van der Waals surface area contributed by atoms with Crippen LogP contribution >= 0.6 is 0 Å². The topological polar surface area (TPSA) is 29.3 Å². The van der Waals surface area contributed by atoms with Crippen molar-refractivity contribution in [2.24, 2.45) is 0 Å². The SMILES string of the molecule is c1ccc(-c2cccc(N(c3ccc(-c4cc5ccccc5c5ccccc45)cc3)c3cccc4ccc5oc(-c6ccccc6)nc5c34)c2)cc1. The number of oxazole rings is 1. The van der Waals surface area contributed by atoms with Gasteiger partial charge in [-0.15, -0.1) is 0 Å². The van der Waals surface area contributed by atoms with E-state index in [0.717, 1.165) is 50.1 Å². The highest BCUT2D eigenvalue weighted by molar-refractivity contribution is 6.15. The summed E-state index contributed by atoms with van der Waals surface area (Å²) in [5.74, 6) is 0.613. The summed E-state index contributed by atoms with van der Waals surface area (Å²) in [5, 5.41) is 7.16. The summed E-state index contributed by atoms with van der Waals surface area (Å²) in [6, 6.07) is 68.8.